The highest BCUT2D eigenvalue weighted by Gasteiger charge is 2.10. The maximum absolute atomic E-state index is 11.7. The van der Waals surface area contributed by atoms with Gasteiger partial charge in [0, 0.05) is 5.56 Å². The highest BCUT2D eigenvalue weighted by Crippen LogP contribution is 2.23. The smallest absolute Gasteiger partial charge is 0.311 e. The van der Waals surface area contributed by atoms with E-state index in [-0.39, 0.29) is 5.78 Å². The lowest BCUT2D eigenvalue weighted by Crippen LogP contribution is -2.06. The van der Waals surface area contributed by atoms with Crippen LogP contribution in [0.4, 0.5) is 0 Å². The number of Topliss-reactive ketones (excluding diaryl/α,β-unsaturated/α-hetero) is 1. The van der Waals surface area contributed by atoms with Gasteiger partial charge in [0.15, 0.2) is 5.78 Å². The Hall–Kier alpha value is -2.62. The first-order chi connectivity index (χ1) is 11.1. The average Bonchev–Trinajstić information content (AvgIpc) is 2.55. The number of carbonyl (C=O) groups excluding carboxylic acids is 1. The third-order valence-electron chi connectivity index (χ3n) is 3.47. The van der Waals surface area contributed by atoms with Crippen molar-refractivity contribution in [1.82, 2.24) is 0 Å². The quantitative estimate of drug-likeness (QED) is 0.451. The van der Waals surface area contributed by atoms with E-state index >= 15 is 0 Å². The molecule has 0 radical (unpaired) electrons. The number of aliphatic carboxylic acids is 1. The molecule has 4 nitrogen and oxygen atoms in total. The van der Waals surface area contributed by atoms with Gasteiger partial charge < -0.3 is 9.84 Å². The molecule has 0 fully saturated rings. The SMILES string of the molecule is CCCCOc1ccc(-c2ccc(C(=O)CC(=O)O)cc2)cc1. The molecule has 2 rings (SSSR count). The zero-order chi connectivity index (χ0) is 16.7. The van der Waals surface area contributed by atoms with E-state index in [1.165, 1.54) is 0 Å². The van der Waals surface area contributed by atoms with E-state index in [0.29, 0.717) is 5.56 Å². The molecule has 120 valence electrons. The standard InChI is InChI=1S/C19H20O4/c1-2-3-12-23-17-10-8-15(9-11-17)14-4-6-16(7-5-14)18(20)13-19(21)22/h4-11H,2-3,12-13H2,1H3,(H,21,22). The van der Waals surface area contributed by atoms with E-state index in [0.717, 1.165) is 36.3 Å². The maximum atomic E-state index is 11.7. The summed E-state index contributed by atoms with van der Waals surface area (Å²) >= 11 is 0. The Kier molecular flexibility index (Phi) is 5.92. The van der Waals surface area contributed by atoms with E-state index in [9.17, 15) is 9.59 Å². The van der Waals surface area contributed by atoms with Gasteiger partial charge in [-0.2, -0.15) is 0 Å². The lowest BCUT2D eigenvalue weighted by molar-refractivity contribution is -0.135. The van der Waals surface area contributed by atoms with Gasteiger partial charge in [0.05, 0.1) is 6.61 Å². The van der Waals surface area contributed by atoms with Gasteiger partial charge in [-0.25, -0.2) is 0 Å². The van der Waals surface area contributed by atoms with E-state index in [1.807, 2.05) is 36.4 Å². The molecular weight excluding hydrogens is 292 g/mol. The van der Waals surface area contributed by atoms with Gasteiger partial charge >= 0.3 is 5.97 Å². The Bertz CT molecular complexity index is 657. The molecule has 0 amide bonds. The van der Waals surface area contributed by atoms with Crippen LogP contribution >= 0.6 is 0 Å². The van der Waals surface area contributed by atoms with Crippen molar-refractivity contribution in [3.05, 3.63) is 54.1 Å². The summed E-state index contributed by atoms with van der Waals surface area (Å²) in [6, 6.07) is 14.7. The number of ketones is 1. The van der Waals surface area contributed by atoms with Gasteiger partial charge in [-0.05, 0) is 29.7 Å². The predicted molar refractivity (Wildman–Crippen MR) is 88.9 cm³/mol. The second-order valence-electron chi connectivity index (χ2n) is 5.30. The molecule has 2 aromatic carbocycles. The molecule has 0 heterocycles. The number of carbonyl (C=O) groups is 2. The number of ether oxygens (including phenoxy) is 1. The van der Waals surface area contributed by atoms with Crippen molar-refractivity contribution in [3.63, 3.8) is 0 Å². The van der Waals surface area contributed by atoms with Crippen LogP contribution in [0.2, 0.25) is 0 Å². The lowest BCUT2D eigenvalue weighted by Gasteiger charge is -2.07. The Balaban J connectivity index is 2.04. The first-order valence-electron chi connectivity index (χ1n) is 7.68. The Morgan fingerprint density at radius 3 is 2.04 bits per heavy atom. The molecule has 0 aliphatic rings. The summed E-state index contributed by atoms with van der Waals surface area (Å²) in [5, 5.41) is 8.65. The van der Waals surface area contributed by atoms with Crippen LogP contribution in [0.15, 0.2) is 48.5 Å². The largest absolute Gasteiger partial charge is 0.494 e. The first-order valence-corrected chi connectivity index (χ1v) is 7.68. The highest BCUT2D eigenvalue weighted by molar-refractivity contribution is 6.05. The summed E-state index contributed by atoms with van der Waals surface area (Å²) in [6.07, 6.45) is 1.65. The molecule has 0 spiro atoms. The normalized spacial score (nSPS) is 10.3. The van der Waals surface area contributed by atoms with Crippen molar-refractivity contribution < 1.29 is 19.4 Å². The zero-order valence-electron chi connectivity index (χ0n) is 13.1. The number of carboxylic acids is 1. The number of hydrogen-bond donors (Lipinski definition) is 1. The molecule has 2 aromatic rings. The second-order valence-corrected chi connectivity index (χ2v) is 5.30. The molecular formula is C19H20O4. The summed E-state index contributed by atoms with van der Waals surface area (Å²) < 4.78 is 5.62. The molecule has 23 heavy (non-hydrogen) atoms. The maximum Gasteiger partial charge on any atom is 0.311 e. The van der Waals surface area contributed by atoms with Gasteiger partial charge in [-0.3, -0.25) is 9.59 Å². The lowest BCUT2D eigenvalue weighted by atomic mass is 10.0. The van der Waals surface area contributed by atoms with Crippen LogP contribution in [-0.4, -0.2) is 23.5 Å². The van der Waals surface area contributed by atoms with Gasteiger partial charge in [0.1, 0.15) is 12.2 Å². The zero-order valence-corrected chi connectivity index (χ0v) is 13.1. The molecule has 1 N–H and O–H groups in total. The number of rotatable bonds is 8. The summed E-state index contributed by atoms with van der Waals surface area (Å²) in [6.45, 7) is 2.84. The number of benzene rings is 2. The Morgan fingerprint density at radius 1 is 0.957 bits per heavy atom. The van der Waals surface area contributed by atoms with Gasteiger partial charge in [0.2, 0.25) is 0 Å². The molecule has 0 bridgehead atoms. The van der Waals surface area contributed by atoms with E-state index < -0.39 is 12.4 Å². The highest BCUT2D eigenvalue weighted by atomic mass is 16.5. The molecule has 0 unspecified atom stereocenters. The molecule has 0 atom stereocenters. The van der Waals surface area contributed by atoms with Crippen LogP contribution in [-0.2, 0) is 4.79 Å². The molecule has 0 saturated carbocycles. The molecule has 0 aliphatic heterocycles. The summed E-state index contributed by atoms with van der Waals surface area (Å²) in [5.41, 5.74) is 2.40. The fraction of sp³-hybridized carbons (Fsp3) is 0.263. The minimum absolute atomic E-state index is 0.385. The second kappa shape index (κ2) is 8.13. The van der Waals surface area contributed by atoms with Crippen LogP contribution in [0.3, 0.4) is 0 Å². The van der Waals surface area contributed by atoms with Crippen molar-refractivity contribution in [3.8, 4) is 16.9 Å². The van der Waals surface area contributed by atoms with Crippen molar-refractivity contribution >= 4 is 11.8 Å². The van der Waals surface area contributed by atoms with Crippen molar-refractivity contribution in [2.45, 2.75) is 26.2 Å². The first kappa shape index (κ1) is 16.7. The third-order valence-corrected chi connectivity index (χ3v) is 3.47. The van der Waals surface area contributed by atoms with E-state index in [1.54, 1.807) is 12.1 Å². The van der Waals surface area contributed by atoms with Crippen molar-refractivity contribution in [2.75, 3.05) is 6.61 Å². The number of unbranched alkanes of at least 4 members (excludes halogenated alkanes) is 1. The summed E-state index contributed by atoms with van der Waals surface area (Å²) in [7, 11) is 0. The fourth-order valence-corrected chi connectivity index (χ4v) is 2.17. The van der Waals surface area contributed by atoms with Gasteiger partial charge in [0.25, 0.3) is 0 Å². The van der Waals surface area contributed by atoms with Crippen LogP contribution in [0, 0.1) is 0 Å². The average molecular weight is 312 g/mol. The fourth-order valence-electron chi connectivity index (χ4n) is 2.17. The van der Waals surface area contributed by atoms with Gasteiger partial charge in [-0.15, -0.1) is 0 Å². The molecule has 0 aromatic heterocycles. The topological polar surface area (TPSA) is 63.6 Å². The minimum atomic E-state index is -1.11. The monoisotopic (exact) mass is 312 g/mol. The summed E-state index contributed by atoms with van der Waals surface area (Å²) in [4.78, 5) is 22.2. The van der Waals surface area contributed by atoms with Gasteiger partial charge in [-0.1, -0.05) is 49.7 Å². The third kappa shape index (κ3) is 4.95. The number of hydrogen-bond acceptors (Lipinski definition) is 3. The Labute approximate surface area is 135 Å². The Morgan fingerprint density at radius 2 is 1.52 bits per heavy atom. The molecule has 4 heteroatoms. The number of carboxylic acid groups (broad SMARTS) is 1. The van der Waals surface area contributed by atoms with Crippen molar-refractivity contribution in [2.24, 2.45) is 0 Å². The van der Waals surface area contributed by atoms with Crippen LogP contribution in [0.5, 0.6) is 5.75 Å². The predicted octanol–water partition coefficient (Wildman–Crippen LogP) is 4.19. The van der Waals surface area contributed by atoms with Crippen LogP contribution in [0.25, 0.3) is 11.1 Å². The van der Waals surface area contributed by atoms with Crippen LogP contribution < -0.4 is 4.74 Å². The molecule has 0 saturated heterocycles. The van der Waals surface area contributed by atoms with E-state index in [4.69, 9.17) is 9.84 Å². The summed E-state index contributed by atoms with van der Waals surface area (Å²) in [5.74, 6) is -0.656. The minimum Gasteiger partial charge on any atom is -0.494 e. The van der Waals surface area contributed by atoms with Crippen LogP contribution in [0.1, 0.15) is 36.5 Å². The van der Waals surface area contributed by atoms with Crippen molar-refractivity contribution in [1.29, 1.82) is 0 Å². The molecule has 0 aliphatic carbocycles. The van der Waals surface area contributed by atoms with E-state index in [2.05, 4.69) is 6.92 Å².